The molecule has 0 aliphatic rings. The minimum absolute atomic E-state index is 0.0352. The van der Waals surface area contributed by atoms with Crippen molar-refractivity contribution in [2.24, 2.45) is 0 Å². The molecule has 0 bridgehead atoms. The fourth-order valence-corrected chi connectivity index (χ4v) is 1.29. The summed E-state index contributed by atoms with van der Waals surface area (Å²) in [7, 11) is 0. The van der Waals surface area contributed by atoms with E-state index in [-0.39, 0.29) is 12.7 Å². The molecule has 0 amide bonds. The molecular weight excluding hydrogens is 176 g/mol. The third-order valence-corrected chi connectivity index (χ3v) is 2.36. The van der Waals surface area contributed by atoms with Crippen molar-refractivity contribution in [3.63, 3.8) is 0 Å². The third kappa shape index (κ3) is 2.48. The SMILES string of the molecule is CCC(C)Oc1c(C)cccc1CO. The van der Waals surface area contributed by atoms with E-state index in [2.05, 4.69) is 6.92 Å². The minimum atomic E-state index is 0.0352. The van der Waals surface area contributed by atoms with Crippen LogP contribution < -0.4 is 4.74 Å². The molecule has 0 radical (unpaired) electrons. The summed E-state index contributed by atoms with van der Waals surface area (Å²) in [6, 6.07) is 5.83. The van der Waals surface area contributed by atoms with Gasteiger partial charge in [0.15, 0.2) is 0 Å². The van der Waals surface area contributed by atoms with E-state index in [1.807, 2.05) is 32.0 Å². The van der Waals surface area contributed by atoms with E-state index < -0.39 is 0 Å². The Hall–Kier alpha value is -1.02. The summed E-state index contributed by atoms with van der Waals surface area (Å²) in [4.78, 5) is 0. The van der Waals surface area contributed by atoms with Crippen LogP contribution in [0.5, 0.6) is 5.75 Å². The van der Waals surface area contributed by atoms with Gasteiger partial charge in [-0.2, -0.15) is 0 Å². The van der Waals surface area contributed by atoms with Crippen molar-refractivity contribution in [2.45, 2.75) is 39.9 Å². The van der Waals surface area contributed by atoms with Crippen LogP contribution in [0.2, 0.25) is 0 Å². The van der Waals surface area contributed by atoms with E-state index in [0.29, 0.717) is 0 Å². The van der Waals surface area contributed by atoms with Gasteiger partial charge in [0.25, 0.3) is 0 Å². The van der Waals surface area contributed by atoms with Crippen molar-refractivity contribution in [3.05, 3.63) is 29.3 Å². The molecule has 1 atom stereocenters. The molecule has 1 rings (SSSR count). The summed E-state index contributed by atoms with van der Waals surface area (Å²) in [6.07, 6.45) is 1.17. The average molecular weight is 194 g/mol. The van der Waals surface area contributed by atoms with Crippen LogP contribution in [-0.2, 0) is 6.61 Å². The topological polar surface area (TPSA) is 29.5 Å². The summed E-state index contributed by atoms with van der Waals surface area (Å²) in [5.74, 6) is 0.837. The number of rotatable bonds is 4. The summed E-state index contributed by atoms with van der Waals surface area (Å²) < 4.78 is 5.76. The molecule has 0 aliphatic carbocycles. The number of aliphatic hydroxyl groups excluding tert-OH is 1. The molecule has 0 saturated heterocycles. The lowest BCUT2D eigenvalue weighted by Crippen LogP contribution is -2.12. The van der Waals surface area contributed by atoms with Gasteiger partial charge in [-0.25, -0.2) is 0 Å². The van der Waals surface area contributed by atoms with Crippen molar-refractivity contribution < 1.29 is 9.84 Å². The van der Waals surface area contributed by atoms with Gasteiger partial charge >= 0.3 is 0 Å². The Labute approximate surface area is 85.5 Å². The number of ether oxygens (including phenoxy) is 1. The first-order valence-corrected chi connectivity index (χ1v) is 5.05. The van der Waals surface area contributed by atoms with Crippen LogP contribution in [0.4, 0.5) is 0 Å². The Kier molecular flexibility index (Phi) is 3.96. The van der Waals surface area contributed by atoms with Gasteiger partial charge in [-0.05, 0) is 25.8 Å². The lowest BCUT2D eigenvalue weighted by atomic mass is 10.1. The lowest BCUT2D eigenvalue weighted by Gasteiger charge is -2.17. The van der Waals surface area contributed by atoms with E-state index in [4.69, 9.17) is 9.84 Å². The molecule has 1 N–H and O–H groups in total. The zero-order chi connectivity index (χ0) is 10.6. The van der Waals surface area contributed by atoms with Crippen LogP contribution in [-0.4, -0.2) is 11.2 Å². The number of benzene rings is 1. The molecule has 0 aliphatic heterocycles. The first-order chi connectivity index (χ1) is 6.69. The van der Waals surface area contributed by atoms with Gasteiger partial charge in [-0.3, -0.25) is 0 Å². The van der Waals surface area contributed by atoms with Crippen LogP contribution >= 0.6 is 0 Å². The van der Waals surface area contributed by atoms with E-state index in [0.717, 1.165) is 23.3 Å². The van der Waals surface area contributed by atoms with Crippen LogP contribution in [0.3, 0.4) is 0 Å². The molecule has 2 nitrogen and oxygen atoms in total. The molecule has 1 aromatic rings. The second-order valence-electron chi connectivity index (χ2n) is 3.56. The Bertz CT molecular complexity index is 294. The standard InChI is InChI=1S/C12H18O2/c1-4-10(3)14-12-9(2)6-5-7-11(12)8-13/h5-7,10,13H,4,8H2,1-3H3. The number of para-hydroxylation sites is 1. The average Bonchev–Trinajstić information content (AvgIpc) is 2.20. The Morgan fingerprint density at radius 2 is 2.14 bits per heavy atom. The molecule has 0 heterocycles. The molecule has 78 valence electrons. The van der Waals surface area contributed by atoms with Crippen molar-refractivity contribution in [1.29, 1.82) is 0 Å². The maximum absolute atomic E-state index is 9.15. The van der Waals surface area contributed by atoms with Gasteiger partial charge in [0.2, 0.25) is 0 Å². The Morgan fingerprint density at radius 1 is 1.43 bits per heavy atom. The third-order valence-electron chi connectivity index (χ3n) is 2.36. The fraction of sp³-hybridized carbons (Fsp3) is 0.500. The van der Waals surface area contributed by atoms with Crippen molar-refractivity contribution in [1.82, 2.24) is 0 Å². The Balaban J connectivity index is 2.92. The minimum Gasteiger partial charge on any atom is -0.490 e. The highest BCUT2D eigenvalue weighted by Gasteiger charge is 2.08. The van der Waals surface area contributed by atoms with Gasteiger partial charge in [0.1, 0.15) is 5.75 Å². The number of hydrogen-bond acceptors (Lipinski definition) is 2. The highest BCUT2D eigenvalue weighted by Crippen LogP contribution is 2.24. The van der Waals surface area contributed by atoms with E-state index in [9.17, 15) is 0 Å². The van der Waals surface area contributed by atoms with Crippen LogP contribution in [0.25, 0.3) is 0 Å². The zero-order valence-electron chi connectivity index (χ0n) is 9.08. The highest BCUT2D eigenvalue weighted by atomic mass is 16.5. The Morgan fingerprint density at radius 3 is 2.71 bits per heavy atom. The number of hydrogen-bond donors (Lipinski definition) is 1. The molecular formula is C12H18O2. The largest absolute Gasteiger partial charge is 0.490 e. The summed E-state index contributed by atoms with van der Waals surface area (Å²) >= 11 is 0. The second-order valence-corrected chi connectivity index (χ2v) is 3.56. The summed E-state index contributed by atoms with van der Waals surface area (Å²) in [5.41, 5.74) is 1.95. The van der Waals surface area contributed by atoms with Crippen LogP contribution in [0, 0.1) is 6.92 Å². The van der Waals surface area contributed by atoms with Crippen molar-refractivity contribution >= 4 is 0 Å². The van der Waals surface area contributed by atoms with Gasteiger partial charge < -0.3 is 9.84 Å². The quantitative estimate of drug-likeness (QED) is 0.798. The molecule has 1 unspecified atom stereocenters. The fourth-order valence-electron chi connectivity index (χ4n) is 1.29. The monoisotopic (exact) mass is 194 g/mol. The number of aliphatic hydroxyl groups is 1. The smallest absolute Gasteiger partial charge is 0.128 e. The second kappa shape index (κ2) is 5.01. The normalized spacial score (nSPS) is 12.6. The maximum Gasteiger partial charge on any atom is 0.128 e. The predicted octanol–water partition coefficient (Wildman–Crippen LogP) is 2.66. The first-order valence-electron chi connectivity index (χ1n) is 5.05. The zero-order valence-corrected chi connectivity index (χ0v) is 9.08. The molecule has 0 saturated carbocycles. The molecule has 0 fully saturated rings. The molecule has 0 spiro atoms. The maximum atomic E-state index is 9.15. The van der Waals surface area contributed by atoms with Crippen LogP contribution in [0.15, 0.2) is 18.2 Å². The van der Waals surface area contributed by atoms with E-state index in [1.165, 1.54) is 0 Å². The van der Waals surface area contributed by atoms with Gasteiger partial charge in [-0.1, -0.05) is 25.1 Å². The lowest BCUT2D eigenvalue weighted by molar-refractivity contribution is 0.204. The van der Waals surface area contributed by atoms with Gasteiger partial charge in [0.05, 0.1) is 12.7 Å². The van der Waals surface area contributed by atoms with E-state index >= 15 is 0 Å². The van der Waals surface area contributed by atoms with Crippen molar-refractivity contribution in [2.75, 3.05) is 0 Å². The predicted molar refractivity (Wildman–Crippen MR) is 57.5 cm³/mol. The van der Waals surface area contributed by atoms with Crippen LogP contribution in [0.1, 0.15) is 31.4 Å². The summed E-state index contributed by atoms with van der Waals surface area (Å²) in [5, 5.41) is 9.15. The molecule has 2 heteroatoms. The van der Waals surface area contributed by atoms with E-state index in [1.54, 1.807) is 0 Å². The van der Waals surface area contributed by atoms with Gasteiger partial charge in [0, 0.05) is 5.56 Å². The highest BCUT2D eigenvalue weighted by molar-refractivity contribution is 5.40. The molecule has 14 heavy (non-hydrogen) atoms. The molecule has 0 aromatic heterocycles. The molecule has 1 aromatic carbocycles. The summed E-state index contributed by atoms with van der Waals surface area (Å²) in [6.45, 7) is 6.15. The van der Waals surface area contributed by atoms with Gasteiger partial charge in [-0.15, -0.1) is 0 Å². The number of aryl methyl sites for hydroxylation is 1. The first kappa shape index (κ1) is 11.1. The van der Waals surface area contributed by atoms with Crippen molar-refractivity contribution in [3.8, 4) is 5.75 Å².